The van der Waals surface area contributed by atoms with Crippen LogP contribution < -0.4 is 10.2 Å². The Kier molecular flexibility index (Phi) is 6.79. The molecule has 0 bridgehead atoms. The zero-order chi connectivity index (χ0) is 22.1. The number of piperazine rings is 1. The van der Waals surface area contributed by atoms with Crippen molar-refractivity contribution in [2.45, 2.75) is 64.0 Å². The Morgan fingerprint density at radius 2 is 1.83 bits per heavy atom. The fraction of sp³-hybridized carbons (Fsp3) is 0.619. The van der Waals surface area contributed by atoms with Crippen molar-refractivity contribution in [1.29, 1.82) is 0 Å². The van der Waals surface area contributed by atoms with Gasteiger partial charge in [0.25, 0.3) is 0 Å². The molecule has 1 N–H and O–H groups in total. The second kappa shape index (κ2) is 8.85. The third kappa shape index (κ3) is 4.65. The SMILES string of the molecule is Cc1c(Cl)cccc1N1C(=O)CN(S(C)(=O)=O)CC1(C)C(=O)NC1CCCCCC1. The van der Waals surface area contributed by atoms with Gasteiger partial charge in [0, 0.05) is 23.3 Å². The van der Waals surface area contributed by atoms with Crippen LogP contribution in [0, 0.1) is 6.92 Å². The minimum atomic E-state index is -3.65. The van der Waals surface area contributed by atoms with Gasteiger partial charge in [0.1, 0.15) is 5.54 Å². The number of nitrogens with one attached hydrogen (secondary N) is 1. The average Bonchev–Trinajstić information content (AvgIpc) is 2.92. The molecule has 7 nitrogen and oxygen atoms in total. The number of carbonyl (C=O) groups excluding carboxylic acids is 2. The Morgan fingerprint density at radius 1 is 1.20 bits per heavy atom. The lowest BCUT2D eigenvalue weighted by atomic mass is 9.92. The second-order valence-corrected chi connectivity index (χ2v) is 11.0. The highest BCUT2D eigenvalue weighted by Crippen LogP contribution is 2.35. The maximum Gasteiger partial charge on any atom is 0.247 e. The molecule has 1 unspecified atom stereocenters. The van der Waals surface area contributed by atoms with Gasteiger partial charge in [-0.2, -0.15) is 4.31 Å². The van der Waals surface area contributed by atoms with Crippen LogP contribution in [0.15, 0.2) is 18.2 Å². The van der Waals surface area contributed by atoms with Crippen molar-refractivity contribution in [3.63, 3.8) is 0 Å². The van der Waals surface area contributed by atoms with Crippen molar-refractivity contribution in [3.05, 3.63) is 28.8 Å². The monoisotopic (exact) mass is 455 g/mol. The predicted octanol–water partition coefficient (Wildman–Crippen LogP) is 2.85. The van der Waals surface area contributed by atoms with Crippen molar-refractivity contribution in [3.8, 4) is 0 Å². The molecular weight excluding hydrogens is 426 g/mol. The molecule has 1 aromatic rings. The molecule has 9 heteroatoms. The Morgan fingerprint density at radius 3 is 2.43 bits per heavy atom. The van der Waals surface area contributed by atoms with Gasteiger partial charge in [-0.3, -0.25) is 14.5 Å². The van der Waals surface area contributed by atoms with Crippen molar-refractivity contribution in [1.82, 2.24) is 9.62 Å². The molecule has 2 aliphatic rings. The first-order chi connectivity index (χ1) is 14.0. The van der Waals surface area contributed by atoms with E-state index in [0.717, 1.165) is 49.1 Å². The first-order valence-electron chi connectivity index (χ1n) is 10.4. The summed E-state index contributed by atoms with van der Waals surface area (Å²) in [4.78, 5) is 28.2. The topological polar surface area (TPSA) is 86.8 Å². The lowest BCUT2D eigenvalue weighted by Crippen LogP contribution is -2.70. The van der Waals surface area contributed by atoms with Crippen LogP contribution in [0.25, 0.3) is 0 Å². The Bertz CT molecular complexity index is 928. The lowest BCUT2D eigenvalue weighted by molar-refractivity contribution is -0.133. The van der Waals surface area contributed by atoms with Crippen LogP contribution in [0.2, 0.25) is 5.02 Å². The maximum atomic E-state index is 13.5. The van der Waals surface area contributed by atoms with Gasteiger partial charge in [-0.15, -0.1) is 0 Å². The van der Waals surface area contributed by atoms with Crippen LogP contribution in [-0.2, 0) is 19.6 Å². The highest BCUT2D eigenvalue weighted by Gasteiger charge is 2.51. The van der Waals surface area contributed by atoms with Crippen molar-refractivity contribution < 1.29 is 18.0 Å². The van der Waals surface area contributed by atoms with E-state index in [1.807, 2.05) is 0 Å². The third-order valence-electron chi connectivity index (χ3n) is 6.17. The van der Waals surface area contributed by atoms with Crippen molar-refractivity contribution in [2.24, 2.45) is 0 Å². The molecule has 1 saturated heterocycles. The molecule has 1 aliphatic heterocycles. The van der Waals surface area contributed by atoms with Crippen LogP contribution >= 0.6 is 11.6 Å². The summed E-state index contributed by atoms with van der Waals surface area (Å²) in [6, 6.07) is 5.22. The van der Waals surface area contributed by atoms with Crippen LogP contribution in [0.1, 0.15) is 51.0 Å². The smallest absolute Gasteiger partial charge is 0.247 e. The van der Waals surface area contributed by atoms with Crippen LogP contribution in [0.4, 0.5) is 5.69 Å². The molecule has 0 spiro atoms. The standard InChI is InChI=1S/C21H30ClN3O4S/c1-15-17(22)11-8-12-18(15)25-19(26)13-24(30(3,28)29)14-21(25,2)20(27)23-16-9-6-4-5-7-10-16/h8,11-12,16H,4-7,9-10,13-14H2,1-3H3,(H,23,27). The van der Waals surface area contributed by atoms with E-state index in [2.05, 4.69) is 5.32 Å². The molecule has 166 valence electrons. The largest absolute Gasteiger partial charge is 0.351 e. The predicted molar refractivity (Wildman–Crippen MR) is 118 cm³/mol. The van der Waals surface area contributed by atoms with E-state index in [1.165, 1.54) is 4.90 Å². The fourth-order valence-electron chi connectivity index (χ4n) is 4.38. The number of amides is 2. The highest BCUT2D eigenvalue weighted by atomic mass is 35.5. The molecule has 0 aromatic heterocycles. The summed E-state index contributed by atoms with van der Waals surface area (Å²) in [5.41, 5.74) is -0.187. The summed E-state index contributed by atoms with van der Waals surface area (Å²) in [6.45, 7) is 3.01. The Balaban J connectivity index is 2.01. The molecule has 1 aliphatic carbocycles. The zero-order valence-electron chi connectivity index (χ0n) is 17.8. The number of benzene rings is 1. The number of hydrogen-bond acceptors (Lipinski definition) is 4. The summed E-state index contributed by atoms with van der Waals surface area (Å²) in [5, 5.41) is 3.59. The second-order valence-electron chi connectivity index (χ2n) is 8.58. The van der Waals surface area contributed by atoms with E-state index in [4.69, 9.17) is 11.6 Å². The zero-order valence-corrected chi connectivity index (χ0v) is 19.4. The number of sulfonamides is 1. The molecule has 1 saturated carbocycles. The lowest BCUT2D eigenvalue weighted by Gasteiger charge is -2.47. The van der Waals surface area contributed by atoms with Gasteiger partial charge in [0.2, 0.25) is 21.8 Å². The van der Waals surface area contributed by atoms with Gasteiger partial charge in [-0.1, -0.05) is 43.4 Å². The summed E-state index contributed by atoms with van der Waals surface area (Å²) >= 11 is 6.28. The van der Waals surface area contributed by atoms with Gasteiger partial charge in [-0.05, 0) is 44.4 Å². The van der Waals surface area contributed by atoms with Gasteiger partial charge in [0.15, 0.2) is 0 Å². The van der Waals surface area contributed by atoms with Crippen molar-refractivity contribution >= 4 is 39.1 Å². The molecule has 1 heterocycles. The number of rotatable bonds is 4. The first kappa shape index (κ1) is 23.0. The number of carbonyl (C=O) groups is 2. The third-order valence-corrected chi connectivity index (χ3v) is 7.77. The molecule has 0 radical (unpaired) electrons. The first-order valence-corrected chi connectivity index (χ1v) is 12.6. The fourth-order valence-corrected chi connectivity index (χ4v) is 5.38. The van der Waals surface area contributed by atoms with E-state index >= 15 is 0 Å². The minimum absolute atomic E-state index is 0.0304. The van der Waals surface area contributed by atoms with E-state index in [9.17, 15) is 18.0 Å². The molecule has 1 aromatic carbocycles. The number of nitrogens with zero attached hydrogens (tertiary/aromatic N) is 2. The van der Waals surface area contributed by atoms with Gasteiger partial charge >= 0.3 is 0 Å². The van der Waals surface area contributed by atoms with E-state index < -0.39 is 21.5 Å². The molecule has 2 fully saturated rings. The summed E-state index contributed by atoms with van der Waals surface area (Å²) in [7, 11) is -3.65. The quantitative estimate of drug-likeness (QED) is 0.707. The number of anilines is 1. The van der Waals surface area contributed by atoms with Gasteiger partial charge < -0.3 is 5.32 Å². The van der Waals surface area contributed by atoms with Crippen LogP contribution in [0.3, 0.4) is 0 Å². The number of halogens is 1. The van der Waals surface area contributed by atoms with Crippen LogP contribution in [0.5, 0.6) is 0 Å². The molecule has 3 rings (SSSR count). The van der Waals surface area contributed by atoms with Gasteiger partial charge in [-0.25, -0.2) is 8.42 Å². The van der Waals surface area contributed by atoms with E-state index in [0.29, 0.717) is 16.3 Å². The maximum absolute atomic E-state index is 13.5. The summed E-state index contributed by atoms with van der Waals surface area (Å²) < 4.78 is 25.6. The average molecular weight is 456 g/mol. The Hall–Kier alpha value is -1.64. The van der Waals surface area contributed by atoms with Crippen LogP contribution in [-0.4, -0.2) is 55.5 Å². The molecule has 2 amide bonds. The van der Waals surface area contributed by atoms with Gasteiger partial charge in [0.05, 0.1) is 12.8 Å². The molecule has 30 heavy (non-hydrogen) atoms. The minimum Gasteiger partial charge on any atom is -0.351 e. The molecule has 1 atom stereocenters. The molecular formula is C21H30ClN3O4S. The summed E-state index contributed by atoms with van der Waals surface area (Å²) in [6.07, 6.45) is 7.24. The van der Waals surface area contributed by atoms with E-state index in [-0.39, 0.29) is 25.0 Å². The summed E-state index contributed by atoms with van der Waals surface area (Å²) in [5.74, 6) is -0.786. The Labute approximate surface area is 183 Å². The number of hydrogen-bond donors (Lipinski definition) is 1. The van der Waals surface area contributed by atoms with E-state index in [1.54, 1.807) is 32.0 Å². The van der Waals surface area contributed by atoms with Crippen molar-refractivity contribution in [2.75, 3.05) is 24.2 Å². The normalized spacial score (nSPS) is 24.5. The highest BCUT2D eigenvalue weighted by molar-refractivity contribution is 7.88.